The lowest BCUT2D eigenvalue weighted by Gasteiger charge is -2.21. The molecule has 1 N–H and O–H groups in total. The molecule has 0 aliphatic rings. The molecule has 26 heavy (non-hydrogen) atoms. The van der Waals surface area contributed by atoms with E-state index in [2.05, 4.69) is 30.6 Å². The lowest BCUT2D eigenvalue weighted by atomic mass is 9.98. The molecule has 0 saturated heterocycles. The summed E-state index contributed by atoms with van der Waals surface area (Å²) in [6.45, 7) is 11.3. The molecule has 0 heterocycles. The maximum Gasteiger partial charge on any atom is 0.333 e. The lowest BCUT2D eigenvalue weighted by Crippen LogP contribution is -2.37. The van der Waals surface area contributed by atoms with Crippen molar-refractivity contribution in [2.75, 3.05) is 36.5 Å². The molecule has 0 aromatic heterocycles. The van der Waals surface area contributed by atoms with Crippen molar-refractivity contribution in [1.29, 1.82) is 0 Å². The zero-order chi connectivity index (χ0) is 19.3. The van der Waals surface area contributed by atoms with E-state index in [0.717, 1.165) is 18.8 Å². The quantitative estimate of drug-likeness (QED) is 0.322. The topological polar surface area (TPSA) is 75.7 Å². The normalized spacial score (nSPS) is 10.6. The van der Waals surface area contributed by atoms with Gasteiger partial charge in [0.2, 0.25) is 10.9 Å². The van der Waals surface area contributed by atoms with E-state index in [0.29, 0.717) is 16.7 Å². The van der Waals surface area contributed by atoms with Crippen LogP contribution in [0.25, 0.3) is 11.1 Å². The number of carbonyl (C=O) groups is 1. The molecule has 0 radical (unpaired) electrons. The Kier molecular flexibility index (Phi) is 6.33. The van der Waals surface area contributed by atoms with Gasteiger partial charge in [-0.3, -0.25) is 9.59 Å². The fraction of sp³-hybridized carbons (Fsp3) is 0.350. The van der Waals surface area contributed by atoms with Crippen LogP contribution >= 0.6 is 0 Å². The summed E-state index contributed by atoms with van der Waals surface area (Å²) in [5.74, 6) is -0.482. The third kappa shape index (κ3) is 4.02. The molecule has 6 heteroatoms. The summed E-state index contributed by atoms with van der Waals surface area (Å²) in [7, 11) is 0. The number of carbonyl (C=O) groups excluding carboxylic acids is 1. The number of hydrogen-bond donors (Lipinski definition) is 1. The summed E-state index contributed by atoms with van der Waals surface area (Å²) in [4.78, 5) is 37.3. The number of rotatable bonds is 9. The van der Waals surface area contributed by atoms with Gasteiger partial charge in [-0.1, -0.05) is 18.7 Å². The van der Waals surface area contributed by atoms with E-state index < -0.39 is 16.8 Å². The van der Waals surface area contributed by atoms with Gasteiger partial charge in [0, 0.05) is 30.9 Å². The molecule has 0 amide bonds. The molecule has 138 valence electrons. The molecular formula is C20H24N2O4. The van der Waals surface area contributed by atoms with Gasteiger partial charge in [0.05, 0.1) is 11.3 Å². The maximum atomic E-state index is 12.0. The minimum Gasteiger partial charge on any atom is -0.460 e. The van der Waals surface area contributed by atoms with E-state index in [1.165, 1.54) is 0 Å². The summed E-state index contributed by atoms with van der Waals surface area (Å²) in [5.41, 5.74) is 1.70. The van der Waals surface area contributed by atoms with Crippen LogP contribution in [0.2, 0.25) is 0 Å². The number of benzene rings is 1. The summed E-state index contributed by atoms with van der Waals surface area (Å²) in [5, 5.41) is 2.89. The molecule has 0 aliphatic heterocycles. The molecule has 0 saturated carbocycles. The molecule has 0 aliphatic carbocycles. The van der Waals surface area contributed by atoms with Crippen LogP contribution in [-0.2, 0) is 9.53 Å². The average Bonchev–Trinajstić information content (AvgIpc) is 2.65. The first-order valence-electron chi connectivity index (χ1n) is 8.65. The lowest BCUT2D eigenvalue weighted by molar-refractivity contribution is -0.138. The molecule has 2 rings (SSSR count). The Labute approximate surface area is 152 Å². The van der Waals surface area contributed by atoms with Gasteiger partial charge in [-0.2, -0.15) is 0 Å². The second-order valence-corrected chi connectivity index (χ2v) is 5.97. The largest absolute Gasteiger partial charge is 0.460 e. The average molecular weight is 356 g/mol. The first-order chi connectivity index (χ1) is 12.4. The Morgan fingerprint density at radius 3 is 2.27 bits per heavy atom. The van der Waals surface area contributed by atoms with Gasteiger partial charge in [-0.05, 0) is 38.5 Å². The molecule has 0 spiro atoms. The number of ether oxygens (including phenoxy) is 1. The number of nitrogens with one attached hydrogen (secondary N) is 1. The van der Waals surface area contributed by atoms with Crippen molar-refractivity contribution in [2.45, 2.75) is 20.8 Å². The standard InChI is InChI=1S/C20H24N2O4/c1-5-22(6-2)15-9-7-14(8-10-15)16-17(19(24)18(16)23)21-11-12-26-20(25)13(3)4/h7-10,21H,3,5-6,11-12H2,1-2,4H3. The second-order valence-electron chi connectivity index (χ2n) is 5.97. The van der Waals surface area contributed by atoms with Crippen LogP contribution in [0.5, 0.6) is 0 Å². The van der Waals surface area contributed by atoms with E-state index in [4.69, 9.17) is 4.74 Å². The third-order valence-corrected chi connectivity index (χ3v) is 4.18. The first-order valence-corrected chi connectivity index (χ1v) is 8.65. The second kappa shape index (κ2) is 8.47. The van der Waals surface area contributed by atoms with Crippen molar-refractivity contribution >= 4 is 17.3 Å². The Hall–Kier alpha value is -2.89. The van der Waals surface area contributed by atoms with Crippen molar-refractivity contribution < 1.29 is 9.53 Å². The highest BCUT2D eigenvalue weighted by atomic mass is 16.5. The van der Waals surface area contributed by atoms with Crippen LogP contribution in [-0.4, -0.2) is 32.2 Å². The number of esters is 1. The van der Waals surface area contributed by atoms with E-state index in [9.17, 15) is 14.4 Å². The fourth-order valence-corrected chi connectivity index (χ4v) is 2.71. The fourth-order valence-electron chi connectivity index (χ4n) is 2.71. The summed E-state index contributed by atoms with van der Waals surface area (Å²) >= 11 is 0. The predicted molar refractivity (Wildman–Crippen MR) is 105 cm³/mol. The minimum absolute atomic E-state index is 0.0881. The van der Waals surface area contributed by atoms with Crippen molar-refractivity contribution in [3.05, 3.63) is 56.9 Å². The van der Waals surface area contributed by atoms with Crippen molar-refractivity contribution in [3.63, 3.8) is 0 Å². The van der Waals surface area contributed by atoms with Gasteiger partial charge in [0.1, 0.15) is 6.61 Å². The molecule has 2 aromatic carbocycles. The van der Waals surface area contributed by atoms with Crippen molar-refractivity contribution in [2.24, 2.45) is 0 Å². The number of hydrogen-bond acceptors (Lipinski definition) is 6. The maximum absolute atomic E-state index is 12.0. The summed E-state index contributed by atoms with van der Waals surface area (Å²) in [6, 6.07) is 7.57. The van der Waals surface area contributed by atoms with Crippen LogP contribution in [0.3, 0.4) is 0 Å². The smallest absolute Gasteiger partial charge is 0.333 e. The van der Waals surface area contributed by atoms with E-state index in [1.807, 2.05) is 24.3 Å². The highest BCUT2D eigenvalue weighted by Crippen LogP contribution is 2.26. The van der Waals surface area contributed by atoms with Gasteiger partial charge in [-0.25, -0.2) is 4.79 Å². The van der Waals surface area contributed by atoms with E-state index >= 15 is 0 Å². The zero-order valence-electron chi connectivity index (χ0n) is 15.4. The molecule has 2 aromatic rings. The van der Waals surface area contributed by atoms with E-state index in [-0.39, 0.29) is 18.8 Å². The minimum atomic E-state index is -0.543. The van der Waals surface area contributed by atoms with Gasteiger partial charge >= 0.3 is 5.97 Å². The highest BCUT2D eigenvalue weighted by Gasteiger charge is 2.22. The Morgan fingerprint density at radius 1 is 1.12 bits per heavy atom. The van der Waals surface area contributed by atoms with Crippen molar-refractivity contribution in [3.8, 4) is 11.1 Å². The van der Waals surface area contributed by atoms with Crippen LogP contribution in [0.4, 0.5) is 11.4 Å². The predicted octanol–water partition coefficient (Wildman–Crippen LogP) is 2.33. The van der Waals surface area contributed by atoms with Crippen LogP contribution in [0.1, 0.15) is 20.8 Å². The Bertz CT molecular complexity index is 857. The third-order valence-electron chi connectivity index (χ3n) is 4.18. The van der Waals surface area contributed by atoms with Gasteiger partial charge in [0.15, 0.2) is 0 Å². The first kappa shape index (κ1) is 19.4. The van der Waals surface area contributed by atoms with Crippen molar-refractivity contribution in [1.82, 2.24) is 0 Å². The van der Waals surface area contributed by atoms with Crippen LogP contribution in [0, 0.1) is 0 Å². The molecule has 0 unspecified atom stereocenters. The van der Waals surface area contributed by atoms with Crippen LogP contribution < -0.4 is 21.1 Å². The molecule has 0 fully saturated rings. The Morgan fingerprint density at radius 2 is 1.73 bits per heavy atom. The molecular weight excluding hydrogens is 332 g/mol. The highest BCUT2D eigenvalue weighted by molar-refractivity contribution is 5.87. The SMILES string of the molecule is C=C(C)C(=O)OCCNc1c(-c2ccc(N(CC)CC)cc2)c(=O)c1=O. The monoisotopic (exact) mass is 356 g/mol. The Balaban J connectivity index is 2.08. The van der Waals surface area contributed by atoms with Gasteiger partial charge in [-0.15, -0.1) is 0 Å². The van der Waals surface area contributed by atoms with E-state index in [1.54, 1.807) is 6.92 Å². The molecule has 0 bridgehead atoms. The number of nitrogens with zero attached hydrogens (tertiary/aromatic N) is 1. The molecule has 6 nitrogen and oxygen atoms in total. The van der Waals surface area contributed by atoms with Crippen LogP contribution in [0.15, 0.2) is 46.0 Å². The summed E-state index contributed by atoms with van der Waals surface area (Å²) < 4.78 is 4.97. The van der Waals surface area contributed by atoms with Gasteiger partial charge in [0.25, 0.3) is 0 Å². The zero-order valence-corrected chi connectivity index (χ0v) is 15.4. The molecule has 0 atom stereocenters. The number of anilines is 2. The van der Waals surface area contributed by atoms with Gasteiger partial charge < -0.3 is 15.0 Å². The summed E-state index contributed by atoms with van der Waals surface area (Å²) in [6.07, 6.45) is 0.